The molecule has 1 atom stereocenters. The Kier molecular flexibility index (Phi) is 3.12. The highest BCUT2D eigenvalue weighted by Gasteiger charge is 2.38. The Morgan fingerprint density at radius 3 is 2.53 bits per heavy atom. The normalized spacial score (nSPS) is 25.9. The van der Waals surface area contributed by atoms with Crippen molar-refractivity contribution in [2.75, 3.05) is 19.6 Å². The highest BCUT2D eigenvalue weighted by Crippen LogP contribution is 2.19. The van der Waals surface area contributed by atoms with Crippen LogP contribution >= 0.6 is 0 Å². The predicted molar refractivity (Wildman–Crippen MR) is 64.4 cm³/mol. The van der Waals surface area contributed by atoms with Gasteiger partial charge in [0.05, 0.1) is 12.1 Å². The maximum Gasteiger partial charge on any atom is 0.225 e. The molecule has 2 fully saturated rings. The largest absolute Gasteiger partial charge is 0.351 e. The van der Waals surface area contributed by atoms with Crippen molar-refractivity contribution in [3.8, 4) is 0 Å². The minimum atomic E-state index is -0.394. The summed E-state index contributed by atoms with van der Waals surface area (Å²) in [5.41, 5.74) is -0.394. The number of nitrogens with one attached hydrogen (secondary N) is 2. The second-order valence-electron chi connectivity index (χ2n) is 5.98. The molecular formula is C12H21N3O2. The fourth-order valence-electron chi connectivity index (χ4n) is 2.08. The van der Waals surface area contributed by atoms with E-state index in [0.29, 0.717) is 19.0 Å². The average Bonchev–Trinajstić information content (AvgIpc) is 2.42. The zero-order valence-corrected chi connectivity index (χ0v) is 10.7. The van der Waals surface area contributed by atoms with E-state index in [1.807, 2.05) is 25.7 Å². The molecule has 1 unspecified atom stereocenters. The molecule has 96 valence electrons. The van der Waals surface area contributed by atoms with Crippen LogP contribution in [0.15, 0.2) is 0 Å². The third-order valence-electron chi connectivity index (χ3n) is 3.38. The lowest BCUT2D eigenvalue weighted by Crippen LogP contribution is -2.58. The molecule has 17 heavy (non-hydrogen) atoms. The van der Waals surface area contributed by atoms with Crippen molar-refractivity contribution in [3.63, 3.8) is 0 Å². The third kappa shape index (κ3) is 2.60. The van der Waals surface area contributed by atoms with E-state index in [-0.39, 0.29) is 17.9 Å². The van der Waals surface area contributed by atoms with Crippen molar-refractivity contribution in [2.45, 2.75) is 39.3 Å². The Balaban J connectivity index is 1.88. The first-order valence-corrected chi connectivity index (χ1v) is 6.19. The first-order chi connectivity index (χ1) is 7.88. The van der Waals surface area contributed by atoms with Gasteiger partial charge < -0.3 is 15.5 Å². The van der Waals surface area contributed by atoms with E-state index in [9.17, 15) is 9.59 Å². The van der Waals surface area contributed by atoms with Crippen molar-refractivity contribution in [1.29, 1.82) is 0 Å². The van der Waals surface area contributed by atoms with Gasteiger partial charge in [-0.25, -0.2) is 0 Å². The van der Waals surface area contributed by atoms with Gasteiger partial charge >= 0.3 is 0 Å². The number of amides is 2. The molecule has 2 heterocycles. The van der Waals surface area contributed by atoms with Crippen LogP contribution in [0.4, 0.5) is 0 Å². The second-order valence-corrected chi connectivity index (χ2v) is 5.98. The van der Waals surface area contributed by atoms with Gasteiger partial charge in [-0.05, 0) is 0 Å². The van der Waals surface area contributed by atoms with Crippen LogP contribution in [0.1, 0.15) is 27.2 Å². The highest BCUT2D eigenvalue weighted by atomic mass is 16.2. The molecule has 0 spiro atoms. The number of rotatable bonds is 2. The molecule has 0 radical (unpaired) electrons. The van der Waals surface area contributed by atoms with Crippen LogP contribution in [0, 0.1) is 5.41 Å². The Labute approximate surface area is 102 Å². The summed E-state index contributed by atoms with van der Waals surface area (Å²) in [6.07, 6.45) is 0.443. The lowest BCUT2D eigenvalue weighted by Gasteiger charge is -2.35. The van der Waals surface area contributed by atoms with Crippen LogP contribution in [0.5, 0.6) is 0 Å². The fraction of sp³-hybridized carbons (Fsp3) is 0.833. The van der Waals surface area contributed by atoms with Crippen molar-refractivity contribution >= 4 is 11.8 Å². The van der Waals surface area contributed by atoms with Crippen LogP contribution in [-0.4, -0.2) is 48.4 Å². The molecule has 2 rings (SSSR count). The Bertz CT molecular complexity index is 331. The molecule has 2 saturated heterocycles. The van der Waals surface area contributed by atoms with Crippen molar-refractivity contribution in [1.82, 2.24) is 15.5 Å². The topological polar surface area (TPSA) is 61.4 Å². The molecule has 2 N–H and O–H groups in total. The van der Waals surface area contributed by atoms with Gasteiger partial charge in [0.25, 0.3) is 0 Å². The maximum absolute atomic E-state index is 11.8. The molecule has 5 nitrogen and oxygen atoms in total. The molecule has 5 heteroatoms. The summed E-state index contributed by atoms with van der Waals surface area (Å²) >= 11 is 0. The summed E-state index contributed by atoms with van der Waals surface area (Å²) < 4.78 is 0. The average molecular weight is 239 g/mol. The van der Waals surface area contributed by atoms with Gasteiger partial charge in [-0.3, -0.25) is 9.59 Å². The van der Waals surface area contributed by atoms with Crippen molar-refractivity contribution in [3.05, 3.63) is 0 Å². The quantitative estimate of drug-likeness (QED) is 0.697. The van der Waals surface area contributed by atoms with E-state index in [1.54, 1.807) is 0 Å². The first kappa shape index (κ1) is 12.4. The van der Waals surface area contributed by atoms with Crippen LogP contribution in [0.3, 0.4) is 0 Å². The minimum Gasteiger partial charge on any atom is -0.351 e. The van der Waals surface area contributed by atoms with E-state index in [1.165, 1.54) is 0 Å². The van der Waals surface area contributed by atoms with Crippen LogP contribution in [0.25, 0.3) is 0 Å². The lowest BCUT2D eigenvalue weighted by molar-refractivity contribution is -0.130. The van der Waals surface area contributed by atoms with E-state index >= 15 is 0 Å². The number of hydrogen-bond donors (Lipinski definition) is 2. The van der Waals surface area contributed by atoms with Gasteiger partial charge in [-0.2, -0.15) is 0 Å². The van der Waals surface area contributed by atoms with E-state index in [0.717, 1.165) is 13.1 Å². The lowest BCUT2D eigenvalue weighted by atomic mass is 9.95. The summed E-state index contributed by atoms with van der Waals surface area (Å²) in [6, 6.07) is 0.314. The Morgan fingerprint density at radius 1 is 1.41 bits per heavy atom. The number of likely N-dealkylation sites (tertiary alicyclic amines) is 1. The summed E-state index contributed by atoms with van der Waals surface area (Å²) in [4.78, 5) is 25.5. The first-order valence-electron chi connectivity index (χ1n) is 6.19. The summed E-state index contributed by atoms with van der Waals surface area (Å²) in [5, 5.41) is 6.12. The molecule has 0 aromatic carbocycles. The van der Waals surface area contributed by atoms with Crippen LogP contribution < -0.4 is 10.6 Å². The molecule has 0 aromatic heterocycles. The number of hydrogen-bond acceptors (Lipinski definition) is 3. The Morgan fingerprint density at radius 2 is 2.06 bits per heavy atom. The predicted octanol–water partition coefficient (Wildman–Crippen LogP) is -0.279. The number of carbonyl (C=O) groups is 2. The molecule has 2 amide bonds. The summed E-state index contributed by atoms with van der Waals surface area (Å²) in [6.45, 7) is 8.07. The molecule has 0 bridgehead atoms. The molecule has 2 aliphatic rings. The molecule has 0 aliphatic carbocycles. The number of carbonyl (C=O) groups excluding carboxylic acids is 2. The SMILES string of the molecule is CC(C)(C)C(=O)NC1CC(=O)N(C2CNC2)C1. The maximum atomic E-state index is 11.8. The zero-order chi connectivity index (χ0) is 12.6. The number of nitrogens with zero attached hydrogens (tertiary/aromatic N) is 1. The smallest absolute Gasteiger partial charge is 0.225 e. The molecule has 2 aliphatic heterocycles. The van der Waals surface area contributed by atoms with Gasteiger partial charge in [0.1, 0.15) is 0 Å². The Hall–Kier alpha value is -1.10. The third-order valence-corrected chi connectivity index (χ3v) is 3.38. The highest BCUT2D eigenvalue weighted by molar-refractivity contribution is 5.84. The van der Waals surface area contributed by atoms with Crippen LogP contribution in [-0.2, 0) is 9.59 Å². The standard InChI is InChI=1S/C12H21N3O2/c1-12(2,3)11(17)14-8-4-10(16)15(7-8)9-5-13-6-9/h8-9,13H,4-7H2,1-3H3,(H,14,17). The fourth-order valence-corrected chi connectivity index (χ4v) is 2.08. The zero-order valence-electron chi connectivity index (χ0n) is 10.7. The molecule has 0 saturated carbocycles. The van der Waals surface area contributed by atoms with Gasteiger partial charge in [0, 0.05) is 31.5 Å². The summed E-state index contributed by atoms with van der Waals surface area (Å²) in [5.74, 6) is 0.180. The second kappa shape index (κ2) is 4.29. The van der Waals surface area contributed by atoms with Gasteiger partial charge in [-0.1, -0.05) is 20.8 Å². The van der Waals surface area contributed by atoms with E-state index in [2.05, 4.69) is 10.6 Å². The van der Waals surface area contributed by atoms with Gasteiger partial charge in [-0.15, -0.1) is 0 Å². The molecule has 0 aromatic rings. The summed E-state index contributed by atoms with van der Waals surface area (Å²) in [7, 11) is 0. The van der Waals surface area contributed by atoms with Gasteiger partial charge in [0.2, 0.25) is 11.8 Å². The van der Waals surface area contributed by atoms with Gasteiger partial charge in [0.15, 0.2) is 0 Å². The van der Waals surface area contributed by atoms with E-state index < -0.39 is 5.41 Å². The monoisotopic (exact) mass is 239 g/mol. The minimum absolute atomic E-state index is 0.0175. The van der Waals surface area contributed by atoms with Crippen molar-refractivity contribution < 1.29 is 9.59 Å². The molecular weight excluding hydrogens is 218 g/mol. The van der Waals surface area contributed by atoms with Crippen LogP contribution in [0.2, 0.25) is 0 Å². The van der Waals surface area contributed by atoms with Crippen molar-refractivity contribution in [2.24, 2.45) is 5.41 Å². The van der Waals surface area contributed by atoms with E-state index in [4.69, 9.17) is 0 Å².